The van der Waals surface area contributed by atoms with Gasteiger partial charge in [0.2, 0.25) is 0 Å². The van der Waals surface area contributed by atoms with E-state index in [1.54, 1.807) is 19.1 Å². The van der Waals surface area contributed by atoms with E-state index < -0.39 is 0 Å². The van der Waals surface area contributed by atoms with Crippen molar-refractivity contribution in [1.82, 2.24) is 10.2 Å². The number of hydrogen-bond acceptors (Lipinski definition) is 4. The minimum Gasteiger partial charge on any atom is -0.492 e. The Bertz CT molecular complexity index is 587. The van der Waals surface area contributed by atoms with Crippen LogP contribution in [0.2, 0.25) is 0 Å². The Hall–Kier alpha value is -2.34. The number of aromatic nitrogens is 2. The molecule has 0 radical (unpaired) electrons. The van der Waals surface area contributed by atoms with E-state index in [0.717, 1.165) is 5.69 Å². The van der Waals surface area contributed by atoms with Crippen LogP contribution in [0.25, 0.3) is 0 Å². The SMILES string of the molecule is Cc1n[nH]c(C)c1C(=O)Nc1cccc(OCCN)c1. The van der Waals surface area contributed by atoms with Crippen molar-refractivity contribution in [1.29, 1.82) is 0 Å². The van der Waals surface area contributed by atoms with Gasteiger partial charge in [-0.05, 0) is 26.0 Å². The van der Waals surface area contributed by atoms with Crippen molar-refractivity contribution < 1.29 is 9.53 Å². The molecular weight excluding hydrogens is 256 g/mol. The molecule has 106 valence electrons. The van der Waals surface area contributed by atoms with Crippen molar-refractivity contribution in [2.75, 3.05) is 18.5 Å². The average molecular weight is 274 g/mol. The van der Waals surface area contributed by atoms with Gasteiger partial charge in [0, 0.05) is 24.0 Å². The van der Waals surface area contributed by atoms with Crippen molar-refractivity contribution in [2.45, 2.75) is 13.8 Å². The fourth-order valence-corrected chi connectivity index (χ4v) is 1.92. The molecule has 20 heavy (non-hydrogen) atoms. The van der Waals surface area contributed by atoms with Gasteiger partial charge in [0.25, 0.3) is 5.91 Å². The average Bonchev–Trinajstić information content (AvgIpc) is 2.76. The number of H-pyrrole nitrogens is 1. The number of nitrogens with zero attached hydrogens (tertiary/aromatic N) is 1. The van der Waals surface area contributed by atoms with Crippen molar-refractivity contribution >= 4 is 11.6 Å². The molecule has 1 aromatic heterocycles. The molecule has 6 nitrogen and oxygen atoms in total. The van der Waals surface area contributed by atoms with Gasteiger partial charge in [0.15, 0.2) is 0 Å². The van der Waals surface area contributed by atoms with Crippen LogP contribution in [0, 0.1) is 13.8 Å². The van der Waals surface area contributed by atoms with E-state index >= 15 is 0 Å². The van der Waals surface area contributed by atoms with Crippen LogP contribution in [-0.2, 0) is 0 Å². The second-order valence-corrected chi connectivity index (χ2v) is 4.43. The zero-order chi connectivity index (χ0) is 14.5. The molecule has 0 aliphatic carbocycles. The van der Waals surface area contributed by atoms with Crippen LogP contribution in [0.15, 0.2) is 24.3 Å². The number of nitrogens with two attached hydrogens (primary N) is 1. The number of aromatic amines is 1. The molecule has 0 saturated carbocycles. The highest BCUT2D eigenvalue weighted by molar-refractivity contribution is 6.05. The molecule has 4 N–H and O–H groups in total. The van der Waals surface area contributed by atoms with Gasteiger partial charge in [-0.3, -0.25) is 9.89 Å². The third-order valence-corrected chi connectivity index (χ3v) is 2.83. The van der Waals surface area contributed by atoms with Crippen LogP contribution in [-0.4, -0.2) is 29.3 Å². The van der Waals surface area contributed by atoms with Gasteiger partial charge < -0.3 is 15.8 Å². The summed E-state index contributed by atoms with van der Waals surface area (Å²) < 4.78 is 5.42. The quantitative estimate of drug-likeness (QED) is 0.772. The molecule has 1 aromatic carbocycles. The van der Waals surface area contributed by atoms with Gasteiger partial charge in [-0.1, -0.05) is 6.07 Å². The first-order valence-corrected chi connectivity index (χ1v) is 6.37. The zero-order valence-corrected chi connectivity index (χ0v) is 11.6. The molecule has 1 amide bonds. The maximum Gasteiger partial charge on any atom is 0.259 e. The van der Waals surface area contributed by atoms with E-state index in [2.05, 4.69) is 15.5 Å². The Morgan fingerprint density at radius 2 is 2.25 bits per heavy atom. The molecular formula is C14H18N4O2. The number of nitrogens with one attached hydrogen (secondary N) is 2. The molecule has 0 saturated heterocycles. The predicted molar refractivity (Wildman–Crippen MR) is 77.0 cm³/mol. The third-order valence-electron chi connectivity index (χ3n) is 2.83. The summed E-state index contributed by atoms with van der Waals surface area (Å²) in [4.78, 5) is 12.2. The summed E-state index contributed by atoms with van der Waals surface area (Å²) in [5.41, 5.74) is 8.05. The van der Waals surface area contributed by atoms with E-state index in [1.807, 2.05) is 19.1 Å². The summed E-state index contributed by atoms with van der Waals surface area (Å²) >= 11 is 0. The van der Waals surface area contributed by atoms with Gasteiger partial charge in [-0.15, -0.1) is 0 Å². The van der Waals surface area contributed by atoms with Crippen molar-refractivity contribution in [3.63, 3.8) is 0 Å². The first kappa shape index (κ1) is 14.1. The topological polar surface area (TPSA) is 93.0 Å². The molecule has 0 fully saturated rings. The van der Waals surface area contributed by atoms with Gasteiger partial charge in [0.05, 0.1) is 11.3 Å². The summed E-state index contributed by atoms with van der Waals surface area (Å²) in [5, 5.41) is 9.64. The maximum atomic E-state index is 12.2. The molecule has 0 bridgehead atoms. The van der Waals surface area contributed by atoms with Crippen LogP contribution in [0.4, 0.5) is 5.69 Å². The highest BCUT2D eigenvalue weighted by Gasteiger charge is 2.15. The lowest BCUT2D eigenvalue weighted by atomic mass is 10.2. The maximum absolute atomic E-state index is 12.2. The lowest BCUT2D eigenvalue weighted by Crippen LogP contribution is -2.14. The highest BCUT2D eigenvalue weighted by Crippen LogP contribution is 2.19. The fourth-order valence-electron chi connectivity index (χ4n) is 1.92. The summed E-state index contributed by atoms with van der Waals surface area (Å²) in [7, 11) is 0. The summed E-state index contributed by atoms with van der Waals surface area (Å²) in [5.74, 6) is 0.485. The normalized spacial score (nSPS) is 10.3. The van der Waals surface area contributed by atoms with Crippen LogP contribution in [0.5, 0.6) is 5.75 Å². The molecule has 6 heteroatoms. The van der Waals surface area contributed by atoms with Crippen LogP contribution in [0.1, 0.15) is 21.7 Å². The first-order chi connectivity index (χ1) is 9.61. The Balaban J connectivity index is 2.12. The predicted octanol–water partition coefficient (Wildman–Crippen LogP) is 1.62. The second kappa shape index (κ2) is 6.21. The summed E-state index contributed by atoms with van der Waals surface area (Å²) in [6.45, 7) is 4.50. The van der Waals surface area contributed by atoms with Crippen LogP contribution in [0.3, 0.4) is 0 Å². The summed E-state index contributed by atoms with van der Waals surface area (Å²) in [6, 6.07) is 7.20. The van der Waals surface area contributed by atoms with Crippen molar-refractivity contribution in [3.8, 4) is 5.75 Å². The Morgan fingerprint density at radius 3 is 2.90 bits per heavy atom. The number of anilines is 1. The Morgan fingerprint density at radius 1 is 1.45 bits per heavy atom. The summed E-state index contributed by atoms with van der Waals surface area (Å²) in [6.07, 6.45) is 0. The Labute approximate surface area is 117 Å². The number of hydrogen-bond donors (Lipinski definition) is 3. The van der Waals surface area contributed by atoms with Crippen molar-refractivity contribution in [3.05, 3.63) is 41.2 Å². The number of amides is 1. The van der Waals surface area contributed by atoms with Gasteiger partial charge >= 0.3 is 0 Å². The molecule has 2 aromatic rings. The fraction of sp³-hybridized carbons (Fsp3) is 0.286. The minimum absolute atomic E-state index is 0.190. The molecule has 1 heterocycles. The smallest absolute Gasteiger partial charge is 0.259 e. The lowest BCUT2D eigenvalue weighted by molar-refractivity contribution is 0.102. The van der Waals surface area contributed by atoms with Gasteiger partial charge in [-0.25, -0.2) is 0 Å². The number of carbonyl (C=O) groups is 1. The minimum atomic E-state index is -0.190. The molecule has 0 aliphatic heterocycles. The Kier molecular flexibility index (Phi) is 4.37. The molecule has 2 rings (SSSR count). The number of ether oxygens (including phenoxy) is 1. The molecule has 0 atom stereocenters. The van der Waals surface area contributed by atoms with Crippen LogP contribution < -0.4 is 15.8 Å². The van der Waals surface area contributed by atoms with Gasteiger partial charge in [-0.2, -0.15) is 5.10 Å². The van der Waals surface area contributed by atoms with E-state index in [9.17, 15) is 4.79 Å². The van der Waals surface area contributed by atoms with E-state index in [1.165, 1.54) is 0 Å². The van der Waals surface area contributed by atoms with E-state index in [0.29, 0.717) is 35.8 Å². The highest BCUT2D eigenvalue weighted by atomic mass is 16.5. The number of rotatable bonds is 5. The lowest BCUT2D eigenvalue weighted by Gasteiger charge is -2.08. The second-order valence-electron chi connectivity index (χ2n) is 4.43. The molecule has 0 aliphatic rings. The molecule has 0 unspecified atom stereocenters. The molecule has 0 spiro atoms. The van der Waals surface area contributed by atoms with Gasteiger partial charge in [0.1, 0.15) is 12.4 Å². The van der Waals surface area contributed by atoms with E-state index in [-0.39, 0.29) is 5.91 Å². The number of aryl methyl sites for hydroxylation is 2. The monoisotopic (exact) mass is 274 g/mol. The van der Waals surface area contributed by atoms with Crippen molar-refractivity contribution in [2.24, 2.45) is 5.73 Å². The number of benzene rings is 1. The third kappa shape index (κ3) is 3.16. The standard InChI is InChI=1S/C14H18N4O2/c1-9-13(10(2)18-17-9)14(19)16-11-4-3-5-12(8-11)20-7-6-15/h3-5,8H,6-7,15H2,1-2H3,(H,16,19)(H,17,18). The zero-order valence-electron chi connectivity index (χ0n) is 11.6. The van der Waals surface area contributed by atoms with E-state index in [4.69, 9.17) is 10.5 Å². The van der Waals surface area contributed by atoms with Crippen LogP contribution >= 0.6 is 0 Å². The largest absolute Gasteiger partial charge is 0.492 e. The number of carbonyl (C=O) groups excluding carboxylic acids is 1. The first-order valence-electron chi connectivity index (χ1n) is 6.37.